The highest BCUT2D eigenvalue weighted by molar-refractivity contribution is 5.29. The molecule has 0 saturated carbocycles. The molecule has 4 nitrogen and oxygen atoms in total. The third kappa shape index (κ3) is 4.42. The molecule has 72 valence electrons. The van der Waals surface area contributed by atoms with Crippen LogP contribution in [0, 0.1) is 0 Å². The van der Waals surface area contributed by atoms with Crippen LogP contribution in [0.2, 0.25) is 0 Å². The van der Waals surface area contributed by atoms with E-state index in [1.165, 1.54) is 0 Å². The molecule has 0 aliphatic rings. The van der Waals surface area contributed by atoms with Gasteiger partial charge in [0, 0.05) is 25.5 Å². The van der Waals surface area contributed by atoms with Crippen LogP contribution in [0.25, 0.3) is 0 Å². The fraction of sp³-hybridized carbons (Fsp3) is 0.556. The van der Waals surface area contributed by atoms with Crippen molar-refractivity contribution in [2.24, 2.45) is 0 Å². The van der Waals surface area contributed by atoms with Gasteiger partial charge in [0.15, 0.2) is 0 Å². The lowest BCUT2D eigenvalue weighted by molar-refractivity contribution is 0.283. The maximum Gasteiger partial charge on any atom is 0.144 e. The molecule has 0 bridgehead atoms. The summed E-state index contributed by atoms with van der Waals surface area (Å²) in [6, 6.07) is 0. The topological polar surface area (TPSA) is 58.0 Å². The predicted octanol–water partition coefficient (Wildman–Crippen LogP) is 1.05. The van der Waals surface area contributed by atoms with Crippen LogP contribution in [0.3, 0.4) is 0 Å². The summed E-state index contributed by atoms with van der Waals surface area (Å²) in [6.07, 6.45) is 7.99. The highest BCUT2D eigenvalue weighted by Crippen LogP contribution is 1.99. The molecule has 2 N–H and O–H groups in total. The van der Waals surface area contributed by atoms with Gasteiger partial charge in [-0.05, 0) is 19.3 Å². The van der Waals surface area contributed by atoms with Crippen molar-refractivity contribution < 1.29 is 5.11 Å². The number of nitrogens with zero attached hydrogens (tertiary/aromatic N) is 2. The standard InChI is InChI=1S/C9H15N3O/c13-7-3-1-2-4-11-9-8-10-5-6-12-9/h5-6,8,13H,1-4,7H2,(H,11,12). The number of unbranched alkanes of at least 4 members (excludes halogenated alkanes) is 2. The minimum absolute atomic E-state index is 0.283. The first kappa shape index (κ1) is 9.92. The Morgan fingerprint density at radius 1 is 1.23 bits per heavy atom. The monoisotopic (exact) mass is 181 g/mol. The van der Waals surface area contributed by atoms with Gasteiger partial charge in [0.25, 0.3) is 0 Å². The molecule has 0 unspecified atom stereocenters. The van der Waals surface area contributed by atoms with E-state index in [4.69, 9.17) is 5.11 Å². The second-order valence-electron chi connectivity index (χ2n) is 2.80. The molecule has 4 heteroatoms. The molecule has 0 atom stereocenters. The molecule has 0 amide bonds. The van der Waals surface area contributed by atoms with Crippen LogP contribution in [0.5, 0.6) is 0 Å². The highest BCUT2D eigenvalue weighted by atomic mass is 16.2. The predicted molar refractivity (Wildman–Crippen MR) is 51.5 cm³/mol. The SMILES string of the molecule is OCCCCCNc1cnccn1. The van der Waals surface area contributed by atoms with Gasteiger partial charge in [-0.15, -0.1) is 0 Å². The van der Waals surface area contributed by atoms with E-state index in [1.54, 1.807) is 18.6 Å². The van der Waals surface area contributed by atoms with Crippen LogP contribution in [0.4, 0.5) is 5.82 Å². The van der Waals surface area contributed by atoms with E-state index >= 15 is 0 Å². The first-order valence-corrected chi connectivity index (χ1v) is 4.54. The van der Waals surface area contributed by atoms with E-state index in [9.17, 15) is 0 Å². The van der Waals surface area contributed by atoms with E-state index < -0.39 is 0 Å². The fourth-order valence-corrected chi connectivity index (χ4v) is 1.02. The molecule has 0 aliphatic heterocycles. The number of anilines is 1. The molecule has 1 heterocycles. The Hall–Kier alpha value is -1.16. The van der Waals surface area contributed by atoms with Gasteiger partial charge in [-0.2, -0.15) is 0 Å². The summed E-state index contributed by atoms with van der Waals surface area (Å²) < 4.78 is 0. The van der Waals surface area contributed by atoms with Crippen molar-refractivity contribution in [2.75, 3.05) is 18.5 Å². The second-order valence-corrected chi connectivity index (χ2v) is 2.80. The first-order valence-electron chi connectivity index (χ1n) is 4.54. The third-order valence-corrected chi connectivity index (χ3v) is 1.70. The van der Waals surface area contributed by atoms with Crippen molar-refractivity contribution in [2.45, 2.75) is 19.3 Å². The summed E-state index contributed by atoms with van der Waals surface area (Å²) in [7, 11) is 0. The number of nitrogens with one attached hydrogen (secondary N) is 1. The number of rotatable bonds is 6. The fourth-order valence-electron chi connectivity index (χ4n) is 1.02. The van der Waals surface area contributed by atoms with Gasteiger partial charge in [0.2, 0.25) is 0 Å². The largest absolute Gasteiger partial charge is 0.396 e. The van der Waals surface area contributed by atoms with Gasteiger partial charge >= 0.3 is 0 Å². The number of aliphatic hydroxyl groups excluding tert-OH is 1. The Morgan fingerprint density at radius 3 is 2.85 bits per heavy atom. The van der Waals surface area contributed by atoms with E-state index in [0.717, 1.165) is 31.6 Å². The van der Waals surface area contributed by atoms with E-state index in [2.05, 4.69) is 15.3 Å². The molecule has 0 spiro atoms. The summed E-state index contributed by atoms with van der Waals surface area (Å²) in [5.41, 5.74) is 0. The van der Waals surface area contributed by atoms with Crippen LogP contribution < -0.4 is 5.32 Å². The summed E-state index contributed by atoms with van der Waals surface area (Å²) in [6.45, 7) is 1.17. The van der Waals surface area contributed by atoms with Crippen molar-refractivity contribution in [1.82, 2.24) is 9.97 Å². The van der Waals surface area contributed by atoms with Crippen molar-refractivity contribution in [3.05, 3.63) is 18.6 Å². The number of hydrogen-bond donors (Lipinski definition) is 2. The van der Waals surface area contributed by atoms with Gasteiger partial charge < -0.3 is 10.4 Å². The van der Waals surface area contributed by atoms with E-state index in [0.29, 0.717) is 0 Å². The molecule has 13 heavy (non-hydrogen) atoms. The van der Waals surface area contributed by atoms with Crippen LogP contribution in [-0.2, 0) is 0 Å². The lowest BCUT2D eigenvalue weighted by Gasteiger charge is -2.03. The van der Waals surface area contributed by atoms with Crippen LogP contribution >= 0.6 is 0 Å². The van der Waals surface area contributed by atoms with Crippen molar-refractivity contribution in [3.8, 4) is 0 Å². The van der Waals surface area contributed by atoms with Gasteiger partial charge in [0.1, 0.15) is 5.82 Å². The van der Waals surface area contributed by atoms with Crippen LogP contribution in [0.15, 0.2) is 18.6 Å². The maximum absolute atomic E-state index is 8.54. The summed E-state index contributed by atoms with van der Waals surface area (Å²) in [5, 5.41) is 11.7. The van der Waals surface area contributed by atoms with Gasteiger partial charge in [-0.1, -0.05) is 0 Å². The zero-order valence-electron chi connectivity index (χ0n) is 7.61. The normalized spacial score (nSPS) is 9.92. The summed E-state index contributed by atoms with van der Waals surface area (Å²) in [4.78, 5) is 8.01. The Labute approximate surface area is 78.0 Å². The molecular formula is C9H15N3O. The molecule has 0 saturated heterocycles. The minimum Gasteiger partial charge on any atom is -0.396 e. The molecule has 1 aromatic rings. The lowest BCUT2D eigenvalue weighted by atomic mass is 10.2. The van der Waals surface area contributed by atoms with Crippen LogP contribution in [0.1, 0.15) is 19.3 Å². The first-order chi connectivity index (χ1) is 6.43. The molecule has 0 radical (unpaired) electrons. The summed E-state index contributed by atoms with van der Waals surface area (Å²) in [5.74, 6) is 0.812. The van der Waals surface area contributed by atoms with Crippen molar-refractivity contribution >= 4 is 5.82 Å². The van der Waals surface area contributed by atoms with Gasteiger partial charge in [0.05, 0.1) is 6.20 Å². The Bertz CT molecular complexity index is 215. The lowest BCUT2D eigenvalue weighted by Crippen LogP contribution is -2.03. The molecule has 0 aliphatic carbocycles. The van der Waals surface area contributed by atoms with Gasteiger partial charge in [-0.25, -0.2) is 4.98 Å². The van der Waals surface area contributed by atoms with E-state index in [-0.39, 0.29) is 6.61 Å². The quantitative estimate of drug-likeness (QED) is 0.644. The number of hydrogen-bond acceptors (Lipinski definition) is 4. The maximum atomic E-state index is 8.54. The molecular weight excluding hydrogens is 166 g/mol. The average Bonchev–Trinajstić information content (AvgIpc) is 2.19. The van der Waals surface area contributed by atoms with Crippen molar-refractivity contribution in [3.63, 3.8) is 0 Å². The third-order valence-electron chi connectivity index (χ3n) is 1.70. The van der Waals surface area contributed by atoms with E-state index in [1.807, 2.05) is 0 Å². The van der Waals surface area contributed by atoms with Crippen LogP contribution in [-0.4, -0.2) is 28.2 Å². The van der Waals surface area contributed by atoms with Crippen molar-refractivity contribution in [1.29, 1.82) is 0 Å². The number of aliphatic hydroxyl groups is 1. The Kier molecular flexibility index (Phi) is 4.86. The van der Waals surface area contributed by atoms with Gasteiger partial charge in [-0.3, -0.25) is 4.98 Å². The zero-order chi connectivity index (χ0) is 9.36. The molecule has 1 rings (SSSR count). The molecule has 1 aromatic heterocycles. The highest BCUT2D eigenvalue weighted by Gasteiger charge is 1.91. The Balaban J connectivity index is 2.07. The molecule has 0 aromatic carbocycles. The smallest absolute Gasteiger partial charge is 0.144 e. The average molecular weight is 181 g/mol. The summed E-state index contributed by atoms with van der Waals surface area (Å²) >= 11 is 0. The zero-order valence-corrected chi connectivity index (χ0v) is 7.61. The Morgan fingerprint density at radius 2 is 2.15 bits per heavy atom. The molecule has 0 fully saturated rings. The second kappa shape index (κ2) is 6.37. The minimum atomic E-state index is 0.283. The number of aromatic nitrogens is 2.